The van der Waals surface area contributed by atoms with E-state index >= 15 is 0 Å². The van der Waals surface area contributed by atoms with E-state index in [-0.39, 0.29) is 5.82 Å². The second kappa shape index (κ2) is 5.65. The summed E-state index contributed by atoms with van der Waals surface area (Å²) in [5, 5.41) is 3.08. The number of hydrogen-bond acceptors (Lipinski definition) is 3. The Balaban J connectivity index is 2.26. The van der Waals surface area contributed by atoms with Crippen LogP contribution in [0.3, 0.4) is 0 Å². The van der Waals surface area contributed by atoms with Gasteiger partial charge in [0.2, 0.25) is 0 Å². The third-order valence-corrected chi connectivity index (χ3v) is 3.32. The van der Waals surface area contributed by atoms with Gasteiger partial charge in [0.1, 0.15) is 11.6 Å². The Kier molecular flexibility index (Phi) is 4.17. The molecule has 18 heavy (non-hydrogen) atoms. The zero-order valence-electron chi connectivity index (χ0n) is 11.4. The van der Waals surface area contributed by atoms with Gasteiger partial charge >= 0.3 is 0 Å². The van der Waals surface area contributed by atoms with Crippen LogP contribution in [0, 0.1) is 11.7 Å². The molecule has 0 radical (unpaired) electrons. The molecule has 1 N–H and O–H groups in total. The predicted octanol–water partition coefficient (Wildman–Crippen LogP) is 2.56. The minimum absolute atomic E-state index is 0.265. The zero-order chi connectivity index (χ0) is 13.1. The molecule has 0 atom stereocenters. The monoisotopic (exact) mass is 251 g/mol. The minimum Gasteiger partial charge on any atom is -0.354 e. The van der Waals surface area contributed by atoms with E-state index in [0.29, 0.717) is 12.6 Å². The standard InChI is InChI=1S/C14H22FN3/c1-10(2)18(9-11-4-5-11)14-12(7-16-3)6-13(15)8-17-14/h6,8,10-11,16H,4-5,7,9H2,1-3H3. The van der Waals surface area contributed by atoms with Crippen molar-refractivity contribution in [3.05, 3.63) is 23.6 Å². The fourth-order valence-corrected chi connectivity index (χ4v) is 2.17. The third-order valence-electron chi connectivity index (χ3n) is 3.32. The summed E-state index contributed by atoms with van der Waals surface area (Å²) < 4.78 is 13.3. The van der Waals surface area contributed by atoms with Crippen molar-refractivity contribution in [1.82, 2.24) is 10.3 Å². The molecule has 1 aliphatic carbocycles. The van der Waals surface area contributed by atoms with E-state index < -0.39 is 0 Å². The van der Waals surface area contributed by atoms with Gasteiger partial charge in [-0.25, -0.2) is 9.37 Å². The molecule has 3 nitrogen and oxygen atoms in total. The maximum Gasteiger partial charge on any atom is 0.141 e. The molecule has 1 aromatic heterocycles. The highest BCUT2D eigenvalue weighted by Crippen LogP contribution is 2.32. The summed E-state index contributed by atoms with van der Waals surface area (Å²) in [4.78, 5) is 6.61. The summed E-state index contributed by atoms with van der Waals surface area (Å²) in [6, 6.07) is 1.97. The van der Waals surface area contributed by atoms with Crippen molar-refractivity contribution in [1.29, 1.82) is 0 Å². The van der Waals surface area contributed by atoms with Gasteiger partial charge in [-0.3, -0.25) is 0 Å². The number of nitrogens with zero attached hydrogens (tertiary/aromatic N) is 2. The van der Waals surface area contributed by atoms with E-state index in [1.54, 1.807) is 6.07 Å². The first-order chi connectivity index (χ1) is 8.61. The number of pyridine rings is 1. The first-order valence-electron chi connectivity index (χ1n) is 6.67. The average molecular weight is 251 g/mol. The maximum absolute atomic E-state index is 13.3. The lowest BCUT2D eigenvalue weighted by Crippen LogP contribution is -2.34. The summed E-state index contributed by atoms with van der Waals surface area (Å²) in [6.45, 7) is 6.01. The third kappa shape index (κ3) is 3.19. The Bertz CT molecular complexity index is 402. The highest BCUT2D eigenvalue weighted by atomic mass is 19.1. The molecule has 0 aliphatic heterocycles. The maximum atomic E-state index is 13.3. The van der Waals surface area contributed by atoms with Crippen LogP contribution in [0.5, 0.6) is 0 Å². The van der Waals surface area contributed by atoms with Gasteiger partial charge < -0.3 is 10.2 Å². The molecular weight excluding hydrogens is 229 g/mol. The van der Waals surface area contributed by atoms with Crippen LogP contribution >= 0.6 is 0 Å². The highest BCUT2D eigenvalue weighted by Gasteiger charge is 2.27. The van der Waals surface area contributed by atoms with Gasteiger partial charge in [-0.05, 0) is 45.7 Å². The van der Waals surface area contributed by atoms with Crippen LogP contribution in [0.4, 0.5) is 10.2 Å². The first kappa shape index (κ1) is 13.3. The SMILES string of the molecule is CNCc1cc(F)cnc1N(CC1CC1)C(C)C. The number of hydrogen-bond donors (Lipinski definition) is 1. The number of anilines is 1. The topological polar surface area (TPSA) is 28.2 Å². The summed E-state index contributed by atoms with van der Waals surface area (Å²) in [5.41, 5.74) is 0.937. The quantitative estimate of drug-likeness (QED) is 0.842. The number of nitrogens with one attached hydrogen (secondary N) is 1. The number of rotatable bonds is 6. The molecule has 1 aliphatic rings. The van der Waals surface area contributed by atoms with Crippen LogP contribution in [0.15, 0.2) is 12.3 Å². The van der Waals surface area contributed by atoms with Gasteiger partial charge in [0, 0.05) is 24.7 Å². The number of halogens is 1. The lowest BCUT2D eigenvalue weighted by atomic mass is 10.2. The van der Waals surface area contributed by atoms with Crippen LogP contribution in [-0.2, 0) is 6.54 Å². The summed E-state index contributed by atoms with van der Waals surface area (Å²) in [6.07, 6.45) is 3.94. The normalized spacial score (nSPS) is 15.2. The zero-order valence-corrected chi connectivity index (χ0v) is 11.4. The lowest BCUT2D eigenvalue weighted by Gasteiger charge is -2.29. The summed E-state index contributed by atoms with van der Waals surface area (Å²) in [7, 11) is 1.87. The van der Waals surface area contributed by atoms with E-state index in [9.17, 15) is 4.39 Å². The molecule has 0 bridgehead atoms. The summed E-state index contributed by atoms with van der Waals surface area (Å²) >= 11 is 0. The predicted molar refractivity (Wildman–Crippen MR) is 72.2 cm³/mol. The smallest absolute Gasteiger partial charge is 0.141 e. The lowest BCUT2D eigenvalue weighted by molar-refractivity contribution is 0.602. The van der Waals surface area contributed by atoms with Crippen molar-refractivity contribution in [2.24, 2.45) is 5.92 Å². The van der Waals surface area contributed by atoms with Crippen molar-refractivity contribution in [2.75, 3.05) is 18.5 Å². The van der Waals surface area contributed by atoms with Gasteiger partial charge in [-0.2, -0.15) is 0 Å². The Morgan fingerprint density at radius 1 is 1.50 bits per heavy atom. The summed E-state index contributed by atoms with van der Waals surface area (Å²) in [5.74, 6) is 1.45. The van der Waals surface area contributed by atoms with Crippen molar-refractivity contribution in [2.45, 2.75) is 39.3 Å². The van der Waals surface area contributed by atoms with Crippen molar-refractivity contribution >= 4 is 5.82 Å². The van der Waals surface area contributed by atoms with E-state index in [1.807, 2.05) is 7.05 Å². The van der Waals surface area contributed by atoms with Crippen LogP contribution in [0.2, 0.25) is 0 Å². The molecule has 0 amide bonds. The molecule has 0 unspecified atom stereocenters. The van der Waals surface area contributed by atoms with Gasteiger partial charge in [-0.15, -0.1) is 0 Å². The van der Waals surface area contributed by atoms with Crippen LogP contribution in [0.25, 0.3) is 0 Å². The Hall–Kier alpha value is -1.16. The molecule has 100 valence electrons. The van der Waals surface area contributed by atoms with Crippen LogP contribution in [0.1, 0.15) is 32.3 Å². The largest absolute Gasteiger partial charge is 0.354 e. The molecule has 1 aromatic rings. The molecule has 0 aromatic carbocycles. The van der Waals surface area contributed by atoms with Crippen molar-refractivity contribution < 1.29 is 4.39 Å². The van der Waals surface area contributed by atoms with Gasteiger partial charge in [0.05, 0.1) is 6.20 Å². The van der Waals surface area contributed by atoms with Crippen LogP contribution < -0.4 is 10.2 Å². The second-order valence-corrected chi connectivity index (χ2v) is 5.36. The van der Waals surface area contributed by atoms with E-state index in [0.717, 1.165) is 23.8 Å². The molecule has 2 rings (SSSR count). The van der Waals surface area contributed by atoms with E-state index in [4.69, 9.17) is 0 Å². The molecule has 0 spiro atoms. The van der Waals surface area contributed by atoms with Gasteiger partial charge in [0.15, 0.2) is 0 Å². The molecule has 1 heterocycles. The fourth-order valence-electron chi connectivity index (χ4n) is 2.17. The molecule has 0 saturated heterocycles. The van der Waals surface area contributed by atoms with Gasteiger partial charge in [0.25, 0.3) is 0 Å². The second-order valence-electron chi connectivity index (χ2n) is 5.36. The van der Waals surface area contributed by atoms with Crippen molar-refractivity contribution in [3.63, 3.8) is 0 Å². The first-order valence-corrected chi connectivity index (χ1v) is 6.67. The minimum atomic E-state index is -0.265. The fraction of sp³-hybridized carbons (Fsp3) is 0.643. The Morgan fingerprint density at radius 2 is 2.22 bits per heavy atom. The highest BCUT2D eigenvalue weighted by molar-refractivity contribution is 5.48. The Labute approximate surface area is 108 Å². The van der Waals surface area contributed by atoms with Crippen LogP contribution in [-0.4, -0.2) is 24.6 Å². The molecule has 1 fully saturated rings. The number of aromatic nitrogens is 1. The van der Waals surface area contributed by atoms with Crippen molar-refractivity contribution in [3.8, 4) is 0 Å². The van der Waals surface area contributed by atoms with E-state index in [1.165, 1.54) is 19.0 Å². The molecule has 1 saturated carbocycles. The van der Waals surface area contributed by atoms with Gasteiger partial charge in [-0.1, -0.05) is 0 Å². The Morgan fingerprint density at radius 3 is 2.78 bits per heavy atom. The average Bonchev–Trinajstić information content (AvgIpc) is 3.11. The van der Waals surface area contributed by atoms with E-state index in [2.05, 4.69) is 29.0 Å². The molecule has 4 heteroatoms. The molecular formula is C14H22FN3.